The Bertz CT molecular complexity index is 1250. The number of carbonyl (C=O) groups is 1. The Kier molecular flexibility index (Phi) is 15.0. The number of alkyl carbamates (subject to hydrolysis) is 1. The lowest BCUT2D eigenvalue weighted by Gasteiger charge is -2.51. The largest absolute Gasteiger partial charge is 0.524 e. The lowest BCUT2D eigenvalue weighted by Crippen LogP contribution is -2.63. The number of benzene rings is 1. The Morgan fingerprint density at radius 2 is 1.74 bits per heavy atom. The molecule has 2 bridgehead atoms. The molecule has 1 aromatic carbocycles. The third-order valence-electron chi connectivity index (χ3n) is 9.88. The van der Waals surface area contributed by atoms with Crippen molar-refractivity contribution in [2.24, 2.45) is 11.8 Å². The minimum absolute atomic E-state index is 0.0294. The highest BCUT2D eigenvalue weighted by molar-refractivity contribution is 6.62. The molecule has 1 aromatic heterocycles. The molecule has 3 unspecified atom stereocenters. The molecule has 3 aliphatic heterocycles. The molecule has 10 heteroatoms. The molecule has 47 heavy (non-hydrogen) atoms. The molecule has 0 radical (unpaired) electrons. The lowest BCUT2D eigenvalue weighted by atomic mass is 9.73. The molecular formula is C37H59N3O6Si. The van der Waals surface area contributed by atoms with E-state index in [0.29, 0.717) is 38.1 Å². The molecule has 3 fully saturated rings. The number of amides is 1. The SMILES string of the molecule is C=C[C@H]1CN2CCC1C[C@H]2[C@H](OC(=O)NC(CCCCCCCCC)[Si](OCC)(OCC)OCC)c1ccnc2ccc(OC)cc12. The summed E-state index contributed by atoms with van der Waals surface area (Å²) in [5, 5.41) is 4.17. The summed E-state index contributed by atoms with van der Waals surface area (Å²) < 4.78 is 31.1. The summed E-state index contributed by atoms with van der Waals surface area (Å²) in [6.07, 6.45) is 13.9. The highest BCUT2D eigenvalue weighted by Crippen LogP contribution is 2.44. The predicted molar refractivity (Wildman–Crippen MR) is 189 cm³/mol. The van der Waals surface area contributed by atoms with E-state index in [1.165, 1.54) is 32.1 Å². The van der Waals surface area contributed by atoms with Crippen molar-refractivity contribution < 1.29 is 27.5 Å². The number of aromatic nitrogens is 1. The second-order valence-corrected chi connectivity index (χ2v) is 15.6. The smallest absolute Gasteiger partial charge is 0.497 e. The Morgan fingerprint density at radius 3 is 2.36 bits per heavy atom. The normalized spacial score (nSPS) is 22.1. The minimum Gasteiger partial charge on any atom is -0.497 e. The second kappa shape index (κ2) is 18.9. The van der Waals surface area contributed by atoms with E-state index in [4.69, 9.17) is 22.8 Å². The van der Waals surface area contributed by atoms with Crippen LogP contribution in [0.2, 0.25) is 0 Å². The van der Waals surface area contributed by atoms with Gasteiger partial charge in [-0.2, -0.15) is 0 Å². The van der Waals surface area contributed by atoms with Crippen molar-refractivity contribution in [1.29, 1.82) is 0 Å². The number of nitrogens with one attached hydrogen (secondary N) is 1. The summed E-state index contributed by atoms with van der Waals surface area (Å²) in [5.74, 6) is 1.70. The minimum atomic E-state index is -3.28. The molecule has 3 aliphatic rings. The van der Waals surface area contributed by atoms with Gasteiger partial charge in [-0.1, -0.05) is 57.9 Å². The van der Waals surface area contributed by atoms with Crippen molar-refractivity contribution in [3.63, 3.8) is 0 Å². The number of pyridine rings is 1. The van der Waals surface area contributed by atoms with Crippen LogP contribution in [0.1, 0.15) is 104 Å². The van der Waals surface area contributed by atoms with Gasteiger partial charge in [0.2, 0.25) is 0 Å². The van der Waals surface area contributed by atoms with Gasteiger partial charge in [0.15, 0.2) is 0 Å². The predicted octanol–water partition coefficient (Wildman–Crippen LogP) is 8.00. The molecule has 5 rings (SSSR count). The first kappa shape index (κ1) is 37.3. The standard InChI is InChI=1S/C37H59N3O6Si/c1-7-12-13-14-15-16-17-18-35(47(43-9-3,44-10-4)45-11-5)39-37(41)46-36(34-25-29-22-24-40(34)27-28(29)8-2)31-21-23-38-33-20-19-30(42-6)26-32(31)33/h8,19-21,23,26,28-29,34-36H,2,7,9-18,22,24-25,27H2,1,3-6H3,(H,39,41)/t28-,29?,34-,35?,36+/m0/s1. The van der Waals surface area contributed by atoms with Gasteiger partial charge in [0, 0.05) is 43.5 Å². The summed E-state index contributed by atoms with van der Waals surface area (Å²) in [6.45, 7) is 15.4. The maximum atomic E-state index is 14.2. The van der Waals surface area contributed by atoms with Crippen molar-refractivity contribution in [1.82, 2.24) is 15.2 Å². The van der Waals surface area contributed by atoms with Crippen LogP contribution in [0.4, 0.5) is 4.79 Å². The van der Waals surface area contributed by atoms with Crippen molar-refractivity contribution in [2.75, 3.05) is 40.0 Å². The number of piperidine rings is 3. The number of unbranched alkanes of at least 4 members (excludes halogenated alkanes) is 6. The molecule has 3 saturated heterocycles. The van der Waals surface area contributed by atoms with Crippen LogP contribution in [-0.2, 0) is 18.0 Å². The van der Waals surface area contributed by atoms with E-state index in [0.717, 1.165) is 61.0 Å². The molecule has 4 heterocycles. The first-order valence-corrected chi connectivity index (χ1v) is 19.9. The molecule has 262 valence electrons. The first-order chi connectivity index (χ1) is 22.9. The van der Waals surface area contributed by atoms with E-state index >= 15 is 0 Å². The molecule has 6 atom stereocenters. The van der Waals surface area contributed by atoms with Gasteiger partial charge in [-0.25, -0.2) is 4.79 Å². The average molecular weight is 670 g/mol. The molecular weight excluding hydrogens is 611 g/mol. The Morgan fingerprint density at radius 1 is 1.04 bits per heavy atom. The van der Waals surface area contributed by atoms with E-state index in [1.54, 1.807) is 7.11 Å². The number of carbonyl (C=O) groups excluding carboxylic acids is 1. The van der Waals surface area contributed by atoms with Crippen LogP contribution in [0.3, 0.4) is 0 Å². The van der Waals surface area contributed by atoms with Crippen molar-refractivity contribution in [2.45, 2.75) is 110 Å². The van der Waals surface area contributed by atoms with Crippen LogP contribution < -0.4 is 10.1 Å². The lowest BCUT2D eigenvalue weighted by molar-refractivity contribution is -0.0505. The zero-order chi connectivity index (χ0) is 33.6. The third kappa shape index (κ3) is 9.56. The summed E-state index contributed by atoms with van der Waals surface area (Å²) in [4.78, 5) is 21.3. The first-order valence-electron chi connectivity index (χ1n) is 18.1. The van der Waals surface area contributed by atoms with Crippen LogP contribution in [0, 0.1) is 11.8 Å². The van der Waals surface area contributed by atoms with E-state index < -0.39 is 26.7 Å². The van der Waals surface area contributed by atoms with Gasteiger partial charge >= 0.3 is 14.9 Å². The number of nitrogens with zero attached hydrogens (tertiary/aromatic N) is 2. The van der Waals surface area contributed by atoms with E-state index in [9.17, 15) is 4.79 Å². The highest BCUT2D eigenvalue weighted by atomic mass is 28.4. The van der Waals surface area contributed by atoms with Gasteiger partial charge in [0.25, 0.3) is 0 Å². The number of ether oxygens (including phenoxy) is 2. The fourth-order valence-corrected chi connectivity index (χ4v) is 10.4. The molecule has 1 N–H and O–H groups in total. The topological polar surface area (TPSA) is 91.4 Å². The maximum absolute atomic E-state index is 14.2. The van der Waals surface area contributed by atoms with Gasteiger partial charge < -0.3 is 28.1 Å². The quantitative estimate of drug-likeness (QED) is 0.0813. The van der Waals surface area contributed by atoms with Crippen molar-refractivity contribution in [3.8, 4) is 5.75 Å². The van der Waals surface area contributed by atoms with Crippen LogP contribution in [-0.4, -0.2) is 76.5 Å². The third-order valence-corrected chi connectivity index (χ3v) is 13.2. The van der Waals surface area contributed by atoms with Gasteiger partial charge in [-0.3, -0.25) is 9.88 Å². The summed E-state index contributed by atoms with van der Waals surface area (Å²) in [7, 11) is -1.62. The van der Waals surface area contributed by atoms with E-state index in [2.05, 4.69) is 34.8 Å². The summed E-state index contributed by atoms with van der Waals surface area (Å²) in [5.41, 5.74) is 1.35. The molecule has 0 spiro atoms. The van der Waals surface area contributed by atoms with Crippen LogP contribution in [0.5, 0.6) is 5.75 Å². The average Bonchev–Trinajstić information content (AvgIpc) is 3.09. The number of rotatable bonds is 21. The Balaban J connectivity index is 1.63. The monoisotopic (exact) mass is 669 g/mol. The molecule has 0 aliphatic carbocycles. The van der Waals surface area contributed by atoms with Gasteiger partial charge in [-0.05, 0) is 82.7 Å². The number of methoxy groups -OCH3 is 1. The van der Waals surface area contributed by atoms with Gasteiger partial charge in [0.1, 0.15) is 17.5 Å². The molecule has 9 nitrogen and oxygen atoms in total. The molecule has 0 saturated carbocycles. The Hall–Kier alpha value is -2.50. The maximum Gasteiger partial charge on any atom is 0.524 e. The Labute approximate surface area is 284 Å². The number of hydrogen-bond donors (Lipinski definition) is 1. The van der Waals surface area contributed by atoms with Gasteiger partial charge in [0.05, 0.1) is 18.7 Å². The highest BCUT2D eigenvalue weighted by Gasteiger charge is 2.51. The van der Waals surface area contributed by atoms with Crippen molar-refractivity contribution >= 4 is 25.8 Å². The van der Waals surface area contributed by atoms with Crippen LogP contribution in [0.25, 0.3) is 10.9 Å². The number of fused-ring (bicyclic) bond motifs is 4. The van der Waals surface area contributed by atoms with Gasteiger partial charge in [-0.15, -0.1) is 6.58 Å². The molecule has 1 amide bonds. The van der Waals surface area contributed by atoms with E-state index in [1.807, 2.05) is 51.2 Å². The van der Waals surface area contributed by atoms with Crippen LogP contribution in [0.15, 0.2) is 43.1 Å². The van der Waals surface area contributed by atoms with E-state index in [-0.39, 0.29) is 6.04 Å². The summed E-state index contributed by atoms with van der Waals surface area (Å²) in [6, 6.07) is 7.89. The second-order valence-electron chi connectivity index (χ2n) is 12.9. The zero-order valence-electron chi connectivity index (χ0n) is 29.5. The number of hydrogen-bond acceptors (Lipinski definition) is 8. The fraction of sp³-hybridized carbons (Fsp3) is 0.676. The molecule has 2 aromatic rings. The van der Waals surface area contributed by atoms with Crippen molar-refractivity contribution in [3.05, 3.63) is 48.7 Å². The zero-order valence-corrected chi connectivity index (χ0v) is 30.5. The summed E-state index contributed by atoms with van der Waals surface area (Å²) >= 11 is 0. The fourth-order valence-electron chi connectivity index (χ4n) is 7.53. The van der Waals surface area contributed by atoms with Crippen LogP contribution >= 0.6 is 0 Å².